The van der Waals surface area contributed by atoms with Crippen LogP contribution in [0.2, 0.25) is 0 Å². The molecule has 1 aromatic carbocycles. The van der Waals surface area contributed by atoms with Gasteiger partial charge in [-0.1, -0.05) is 35.0 Å². The number of halogens is 1. The highest BCUT2D eigenvalue weighted by atomic mass is 79.9. The second-order valence-electron chi connectivity index (χ2n) is 4.24. The summed E-state index contributed by atoms with van der Waals surface area (Å²) in [4.78, 5) is 0. The summed E-state index contributed by atoms with van der Waals surface area (Å²) in [6.45, 7) is 6.15. The average molecular weight is 286 g/mol. The van der Waals surface area contributed by atoms with Gasteiger partial charge in [0.05, 0.1) is 0 Å². The minimum Gasteiger partial charge on any atom is -0.384 e. The van der Waals surface area contributed by atoms with Gasteiger partial charge in [0.15, 0.2) is 0 Å². The summed E-state index contributed by atoms with van der Waals surface area (Å²) < 4.78 is 6.23. The molecule has 1 N–H and O–H groups in total. The lowest BCUT2D eigenvalue weighted by Crippen LogP contribution is -2.26. The summed E-state index contributed by atoms with van der Waals surface area (Å²) in [7, 11) is 1.74. The standard InChI is InChI=1S/C13H20BrNO/c1-10(9-16-3)8-15-11(2)12-4-6-13(14)7-5-12/h4-7,10-11,15H,8-9H2,1-3H3/t10?,11-/m1/s1. The monoisotopic (exact) mass is 285 g/mol. The number of ether oxygens (including phenoxy) is 1. The van der Waals surface area contributed by atoms with Gasteiger partial charge in [-0.2, -0.15) is 0 Å². The van der Waals surface area contributed by atoms with E-state index in [-0.39, 0.29) is 0 Å². The van der Waals surface area contributed by atoms with E-state index >= 15 is 0 Å². The van der Waals surface area contributed by atoms with E-state index in [1.165, 1.54) is 5.56 Å². The quantitative estimate of drug-likeness (QED) is 0.865. The third-order valence-electron chi connectivity index (χ3n) is 2.59. The first-order valence-electron chi connectivity index (χ1n) is 5.61. The maximum absolute atomic E-state index is 5.11. The molecule has 0 aliphatic carbocycles. The Hall–Kier alpha value is -0.380. The first-order valence-corrected chi connectivity index (χ1v) is 6.40. The number of nitrogens with one attached hydrogen (secondary N) is 1. The molecular weight excluding hydrogens is 266 g/mol. The molecule has 0 saturated carbocycles. The molecule has 0 heterocycles. The number of methoxy groups -OCH3 is 1. The van der Waals surface area contributed by atoms with E-state index in [0.29, 0.717) is 12.0 Å². The fourth-order valence-electron chi connectivity index (χ4n) is 1.59. The van der Waals surface area contributed by atoms with Gasteiger partial charge in [-0.05, 0) is 30.5 Å². The minimum absolute atomic E-state index is 0.382. The van der Waals surface area contributed by atoms with Gasteiger partial charge < -0.3 is 10.1 Å². The minimum atomic E-state index is 0.382. The first kappa shape index (κ1) is 13.7. The molecular formula is C13H20BrNO. The van der Waals surface area contributed by atoms with Gasteiger partial charge in [0.1, 0.15) is 0 Å². The Bertz CT molecular complexity index is 299. The molecule has 90 valence electrons. The molecule has 16 heavy (non-hydrogen) atoms. The van der Waals surface area contributed by atoms with Crippen LogP contribution in [-0.2, 0) is 4.74 Å². The van der Waals surface area contributed by atoms with Crippen molar-refractivity contribution in [2.75, 3.05) is 20.3 Å². The van der Waals surface area contributed by atoms with Crippen LogP contribution >= 0.6 is 15.9 Å². The van der Waals surface area contributed by atoms with Gasteiger partial charge in [-0.3, -0.25) is 0 Å². The van der Waals surface area contributed by atoms with Gasteiger partial charge in [0, 0.05) is 30.8 Å². The van der Waals surface area contributed by atoms with E-state index in [2.05, 4.69) is 59.4 Å². The Morgan fingerprint density at radius 2 is 1.88 bits per heavy atom. The molecule has 0 fully saturated rings. The van der Waals surface area contributed by atoms with Crippen LogP contribution in [0.4, 0.5) is 0 Å². The summed E-state index contributed by atoms with van der Waals surface area (Å²) in [5.41, 5.74) is 1.31. The summed E-state index contributed by atoms with van der Waals surface area (Å²) >= 11 is 3.44. The molecule has 1 rings (SSSR count). The Kier molecular flexibility index (Phi) is 6.03. The van der Waals surface area contributed by atoms with Crippen molar-refractivity contribution in [3.8, 4) is 0 Å². The van der Waals surface area contributed by atoms with Gasteiger partial charge in [0.2, 0.25) is 0 Å². The molecule has 0 saturated heterocycles. The van der Waals surface area contributed by atoms with Crippen LogP contribution in [-0.4, -0.2) is 20.3 Å². The van der Waals surface area contributed by atoms with Gasteiger partial charge >= 0.3 is 0 Å². The first-order chi connectivity index (χ1) is 7.63. The molecule has 1 unspecified atom stereocenters. The normalized spacial score (nSPS) is 14.8. The summed E-state index contributed by atoms with van der Waals surface area (Å²) in [5, 5.41) is 3.51. The van der Waals surface area contributed by atoms with Crippen LogP contribution in [0.25, 0.3) is 0 Å². The highest BCUT2D eigenvalue weighted by molar-refractivity contribution is 9.10. The topological polar surface area (TPSA) is 21.3 Å². The van der Waals surface area contributed by atoms with E-state index in [4.69, 9.17) is 4.74 Å². The molecule has 0 aliphatic heterocycles. The van der Waals surface area contributed by atoms with E-state index in [0.717, 1.165) is 17.6 Å². The van der Waals surface area contributed by atoms with Crippen LogP contribution in [0.5, 0.6) is 0 Å². The second-order valence-corrected chi connectivity index (χ2v) is 5.16. The highest BCUT2D eigenvalue weighted by Gasteiger charge is 2.07. The predicted molar refractivity (Wildman–Crippen MR) is 71.6 cm³/mol. The van der Waals surface area contributed by atoms with Crippen LogP contribution in [0.3, 0.4) is 0 Å². The third-order valence-corrected chi connectivity index (χ3v) is 3.12. The zero-order chi connectivity index (χ0) is 12.0. The molecule has 0 aliphatic rings. The zero-order valence-corrected chi connectivity index (χ0v) is 11.8. The maximum Gasteiger partial charge on any atom is 0.0499 e. The lowest BCUT2D eigenvalue weighted by Gasteiger charge is -2.17. The van der Waals surface area contributed by atoms with Crippen molar-refractivity contribution >= 4 is 15.9 Å². The molecule has 0 amide bonds. The van der Waals surface area contributed by atoms with Crippen LogP contribution < -0.4 is 5.32 Å². The maximum atomic E-state index is 5.11. The van der Waals surface area contributed by atoms with E-state index in [1.54, 1.807) is 7.11 Å². The molecule has 0 radical (unpaired) electrons. The van der Waals surface area contributed by atoms with Gasteiger partial charge in [0.25, 0.3) is 0 Å². The largest absolute Gasteiger partial charge is 0.384 e. The highest BCUT2D eigenvalue weighted by Crippen LogP contribution is 2.16. The lowest BCUT2D eigenvalue weighted by molar-refractivity contribution is 0.157. The molecule has 0 aromatic heterocycles. The molecule has 3 heteroatoms. The van der Waals surface area contributed by atoms with Crippen molar-refractivity contribution in [1.29, 1.82) is 0 Å². The van der Waals surface area contributed by atoms with Crippen molar-refractivity contribution in [3.63, 3.8) is 0 Å². The Labute approximate surface area is 107 Å². The van der Waals surface area contributed by atoms with Crippen molar-refractivity contribution in [1.82, 2.24) is 5.32 Å². The van der Waals surface area contributed by atoms with E-state index < -0.39 is 0 Å². The summed E-state index contributed by atoms with van der Waals surface area (Å²) in [6, 6.07) is 8.82. The number of hydrogen-bond donors (Lipinski definition) is 1. The third kappa shape index (κ3) is 4.64. The Morgan fingerprint density at radius 1 is 1.25 bits per heavy atom. The van der Waals surface area contributed by atoms with Crippen LogP contribution in [0.1, 0.15) is 25.5 Å². The fraction of sp³-hybridized carbons (Fsp3) is 0.538. The van der Waals surface area contributed by atoms with Crippen molar-refractivity contribution in [2.45, 2.75) is 19.9 Å². The molecule has 0 spiro atoms. The SMILES string of the molecule is COCC(C)CN[C@H](C)c1ccc(Br)cc1. The molecule has 2 nitrogen and oxygen atoms in total. The van der Waals surface area contributed by atoms with Crippen molar-refractivity contribution in [2.24, 2.45) is 5.92 Å². The van der Waals surface area contributed by atoms with Crippen LogP contribution in [0, 0.1) is 5.92 Å². The molecule has 2 atom stereocenters. The summed E-state index contributed by atoms with van der Waals surface area (Å²) in [5.74, 6) is 0.544. The van der Waals surface area contributed by atoms with Gasteiger partial charge in [-0.25, -0.2) is 0 Å². The van der Waals surface area contributed by atoms with E-state index in [9.17, 15) is 0 Å². The zero-order valence-electron chi connectivity index (χ0n) is 10.2. The number of rotatable bonds is 6. The fourth-order valence-corrected chi connectivity index (χ4v) is 1.86. The Balaban J connectivity index is 2.40. The van der Waals surface area contributed by atoms with E-state index in [1.807, 2.05) is 0 Å². The van der Waals surface area contributed by atoms with Gasteiger partial charge in [-0.15, -0.1) is 0 Å². The Morgan fingerprint density at radius 3 is 2.44 bits per heavy atom. The molecule has 0 bridgehead atoms. The smallest absolute Gasteiger partial charge is 0.0499 e. The van der Waals surface area contributed by atoms with Crippen molar-refractivity contribution in [3.05, 3.63) is 34.3 Å². The second kappa shape index (κ2) is 7.05. The van der Waals surface area contributed by atoms with Crippen LogP contribution in [0.15, 0.2) is 28.7 Å². The predicted octanol–water partition coefficient (Wildman–Crippen LogP) is 3.38. The van der Waals surface area contributed by atoms with Crippen molar-refractivity contribution < 1.29 is 4.74 Å². The average Bonchev–Trinajstić information content (AvgIpc) is 2.27. The number of benzene rings is 1. The lowest BCUT2D eigenvalue weighted by atomic mass is 10.1. The number of hydrogen-bond acceptors (Lipinski definition) is 2. The summed E-state index contributed by atoms with van der Waals surface area (Å²) in [6.07, 6.45) is 0. The molecule has 1 aromatic rings.